The molecule has 1 N–H and O–H groups in total. The number of methoxy groups -OCH3 is 1. The van der Waals surface area contributed by atoms with Crippen LogP contribution in [0, 0.1) is 0 Å². The summed E-state index contributed by atoms with van der Waals surface area (Å²) in [6.45, 7) is 4.00. The van der Waals surface area contributed by atoms with Crippen molar-refractivity contribution in [1.29, 1.82) is 0 Å². The zero-order chi connectivity index (χ0) is 14.0. The Labute approximate surface area is 120 Å². The summed E-state index contributed by atoms with van der Waals surface area (Å²) in [5, 5.41) is 14.8. The molecule has 19 heavy (non-hydrogen) atoms. The van der Waals surface area contributed by atoms with Gasteiger partial charge in [-0.1, -0.05) is 0 Å². The molecule has 102 valence electrons. The Hall–Kier alpha value is -1.40. The monoisotopic (exact) mass is 325 g/mol. The first-order valence-electron chi connectivity index (χ1n) is 5.94. The number of ether oxygens (including phenoxy) is 1. The molecule has 0 aliphatic heterocycles. The van der Waals surface area contributed by atoms with Crippen molar-refractivity contribution < 1.29 is 9.84 Å². The smallest absolute Gasteiger partial charge is 0.163 e. The van der Waals surface area contributed by atoms with E-state index in [1.54, 1.807) is 30.4 Å². The molecule has 0 aliphatic carbocycles. The topological polar surface area (TPSA) is 60.2 Å². The first-order valence-corrected chi connectivity index (χ1v) is 6.73. The van der Waals surface area contributed by atoms with Crippen LogP contribution in [-0.2, 0) is 0 Å². The number of pyridine rings is 1. The summed E-state index contributed by atoms with van der Waals surface area (Å²) >= 11 is 3.35. The zero-order valence-electron chi connectivity index (χ0n) is 11.0. The van der Waals surface area contributed by atoms with Crippen molar-refractivity contribution in [3.8, 4) is 5.75 Å². The van der Waals surface area contributed by atoms with Crippen LogP contribution in [0.15, 0.2) is 29.1 Å². The normalized spacial score (nSPS) is 12.7. The highest BCUT2D eigenvalue weighted by atomic mass is 79.9. The Balaban J connectivity index is 2.48. The Bertz CT molecular complexity index is 569. The molecule has 5 nitrogen and oxygen atoms in total. The van der Waals surface area contributed by atoms with Crippen LogP contribution in [0.4, 0.5) is 0 Å². The van der Waals surface area contributed by atoms with Gasteiger partial charge in [0.2, 0.25) is 0 Å². The fraction of sp³-hybridized carbons (Fsp3) is 0.385. The summed E-state index contributed by atoms with van der Waals surface area (Å²) in [6, 6.07) is 1.96. The third-order valence-corrected chi connectivity index (χ3v) is 3.24. The molecule has 1 atom stereocenters. The minimum Gasteiger partial charge on any atom is -0.493 e. The van der Waals surface area contributed by atoms with Crippen LogP contribution in [0.25, 0.3) is 0 Å². The van der Waals surface area contributed by atoms with E-state index in [0.29, 0.717) is 17.0 Å². The molecule has 2 aromatic heterocycles. The van der Waals surface area contributed by atoms with Crippen LogP contribution >= 0.6 is 15.9 Å². The fourth-order valence-electron chi connectivity index (χ4n) is 1.92. The van der Waals surface area contributed by atoms with Gasteiger partial charge in [0.05, 0.1) is 13.3 Å². The van der Waals surface area contributed by atoms with E-state index in [1.807, 2.05) is 19.9 Å². The van der Waals surface area contributed by atoms with E-state index < -0.39 is 6.10 Å². The number of halogens is 1. The van der Waals surface area contributed by atoms with Gasteiger partial charge < -0.3 is 9.84 Å². The SMILES string of the molecule is COc1cnn(C(C)C)c1C(O)c1cncc(Br)c1. The Morgan fingerprint density at radius 2 is 2.05 bits per heavy atom. The van der Waals surface area contributed by atoms with E-state index in [-0.39, 0.29) is 6.04 Å². The molecule has 0 saturated carbocycles. The van der Waals surface area contributed by atoms with Gasteiger partial charge in [0.15, 0.2) is 5.75 Å². The maximum atomic E-state index is 10.5. The van der Waals surface area contributed by atoms with Gasteiger partial charge in [-0.05, 0) is 35.8 Å². The molecule has 6 heteroatoms. The fourth-order valence-corrected chi connectivity index (χ4v) is 2.30. The molecule has 0 saturated heterocycles. The highest BCUT2D eigenvalue weighted by molar-refractivity contribution is 9.10. The molecule has 0 fully saturated rings. The third kappa shape index (κ3) is 2.79. The first-order chi connectivity index (χ1) is 9.04. The van der Waals surface area contributed by atoms with Crippen LogP contribution < -0.4 is 4.74 Å². The number of aliphatic hydroxyl groups excluding tert-OH is 1. The van der Waals surface area contributed by atoms with Crippen LogP contribution in [0.1, 0.15) is 37.3 Å². The summed E-state index contributed by atoms with van der Waals surface area (Å²) in [5.74, 6) is 0.571. The number of hydrogen-bond acceptors (Lipinski definition) is 4. The van der Waals surface area contributed by atoms with Crippen LogP contribution in [-0.4, -0.2) is 27.0 Å². The van der Waals surface area contributed by atoms with Crippen molar-refractivity contribution in [3.63, 3.8) is 0 Å². The number of rotatable bonds is 4. The van der Waals surface area contributed by atoms with Gasteiger partial charge in [0, 0.05) is 28.5 Å². The molecule has 0 aromatic carbocycles. The van der Waals surface area contributed by atoms with Gasteiger partial charge in [-0.2, -0.15) is 5.10 Å². The lowest BCUT2D eigenvalue weighted by Crippen LogP contribution is -2.13. The molecule has 0 radical (unpaired) electrons. The zero-order valence-corrected chi connectivity index (χ0v) is 12.6. The predicted octanol–water partition coefficient (Wildman–Crippen LogP) is 2.71. The third-order valence-electron chi connectivity index (χ3n) is 2.81. The van der Waals surface area contributed by atoms with E-state index in [9.17, 15) is 5.11 Å². The van der Waals surface area contributed by atoms with E-state index in [0.717, 1.165) is 4.47 Å². The second-order valence-corrected chi connectivity index (χ2v) is 5.39. The largest absolute Gasteiger partial charge is 0.493 e. The minimum absolute atomic E-state index is 0.133. The van der Waals surface area contributed by atoms with Crippen molar-refractivity contribution in [2.75, 3.05) is 7.11 Å². The van der Waals surface area contributed by atoms with Crippen LogP contribution in [0.5, 0.6) is 5.75 Å². The first kappa shape index (κ1) is 14.0. The lowest BCUT2D eigenvalue weighted by atomic mass is 10.1. The van der Waals surface area contributed by atoms with Crippen molar-refractivity contribution >= 4 is 15.9 Å². The minimum atomic E-state index is -0.829. The Morgan fingerprint density at radius 3 is 2.63 bits per heavy atom. The summed E-state index contributed by atoms with van der Waals surface area (Å²) in [7, 11) is 1.57. The van der Waals surface area contributed by atoms with E-state index in [4.69, 9.17) is 4.74 Å². The number of aliphatic hydroxyl groups is 1. The van der Waals surface area contributed by atoms with Gasteiger partial charge in [-0.3, -0.25) is 9.67 Å². The van der Waals surface area contributed by atoms with Crippen molar-refractivity contribution in [2.45, 2.75) is 26.0 Å². The quantitative estimate of drug-likeness (QED) is 0.938. The average Bonchev–Trinajstić information content (AvgIpc) is 2.81. The maximum Gasteiger partial charge on any atom is 0.163 e. The van der Waals surface area contributed by atoms with Crippen LogP contribution in [0.2, 0.25) is 0 Å². The predicted molar refractivity (Wildman–Crippen MR) is 75.2 cm³/mol. The van der Waals surface area contributed by atoms with E-state index >= 15 is 0 Å². The molecule has 0 aliphatic rings. The summed E-state index contributed by atoms with van der Waals surface area (Å²) in [5.41, 5.74) is 1.33. The second kappa shape index (κ2) is 5.71. The standard InChI is InChI=1S/C13H16BrN3O2/c1-8(2)17-12(11(19-3)7-16-17)13(18)9-4-10(14)6-15-5-9/h4-8,13,18H,1-3H3. The van der Waals surface area contributed by atoms with Crippen molar-refractivity contribution in [1.82, 2.24) is 14.8 Å². The molecular weight excluding hydrogens is 310 g/mol. The Morgan fingerprint density at radius 1 is 1.32 bits per heavy atom. The molecule has 0 bridgehead atoms. The molecular formula is C13H16BrN3O2. The van der Waals surface area contributed by atoms with Crippen LogP contribution in [0.3, 0.4) is 0 Å². The maximum absolute atomic E-state index is 10.5. The van der Waals surface area contributed by atoms with Crippen molar-refractivity contribution in [3.05, 3.63) is 40.4 Å². The molecule has 2 heterocycles. The second-order valence-electron chi connectivity index (χ2n) is 4.48. The lowest BCUT2D eigenvalue weighted by molar-refractivity contribution is 0.199. The highest BCUT2D eigenvalue weighted by Gasteiger charge is 2.23. The molecule has 2 rings (SSSR count). The van der Waals surface area contributed by atoms with Gasteiger partial charge in [-0.25, -0.2) is 0 Å². The van der Waals surface area contributed by atoms with E-state index in [2.05, 4.69) is 26.0 Å². The number of nitrogens with zero attached hydrogens (tertiary/aromatic N) is 3. The van der Waals surface area contributed by atoms with E-state index in [1.165, 1.54) is 0 Å². The van der Waals surface area contributed by atoms with Gasteiger partial charge in [0.25, 0.3) is 0 Å². The van der Waals surface area contributed by atoms with Gasteiger partial charge >= 0.3 is 0 Å². The summed E-state index contributed by atoms with van der Waals surface area (Å²) in [4.78, 5) is 4.07. The molecule has 0 spiro atoms. The summed E-state index contributed by atoms with van der Waals surface area (Å²) in [6.07, 6.45) is 4.09. The molecule has 1 unspecified atom stereocenters. The Kier molecular flexibility index (Phi) is 4.21. The van der Waals surface area contributed by atoms with Gasteiger partial charge in [-0.15, -0.1) is 0 Å². The lowest BCUT2D eigenvalue weighted by Gasteiger charge is -2.17. The average molecular weight is 326 g/mol. The number of hydrogen-bond donors (Lipinski definition) is 1. The molecule has 0 amide bonds. The number of aromatic nitrogens is 3. The van der Waals surface area contributed by atoms with Crippen molar-refractivity contribution in [2.24, 2.45) is 0 Å². The highest BCUT2D eigenvalue weighted by Crippen LogP contribution is 2.32. The molecule has 2 aromatic rings. The van der Waals surface area contributed by atoms with Gasteiger partial charge in [0.1, 0.15) is 11.8 Å². The summed E-state index contributed by atoms with van der Waals surface area (Å²) < 4.78 is 7.85.